The van der Waals surface area contributed by atoms with E-state index in [1.807, 2.05) is 6.92 Å². The molecule has 0 aliphatic rings. The van der Waals surface area contributed by atoms with Gasteiger partial charge in [-0.05, 0) is 39.2 Å². The Bertz CT molecular complexity index is 683. The van der Waals surface area contributed by atoms with Crippen molar-refractivity contribution in [2.24, 2.45) is 5.92 Å². The van der Waals surface area contributed by atoms with Crippen molar-refractivity contribution < 1.29 is 39.3 Å². The van der Waals surface area contributed by atoms with Gasteiger partial charge in [0.15, 0.2) is 0 Å². The predicted molar refractivity (Wildman–Crippen MR) is 119 cm³/mol. The second-order valence-electron chi connectivity index (χ2n) is 8.32. The van der Waals surface area contributed by atoms with Gasteiger partial charge in [0.2, 0.25) is 17.7 Å². The van der Waals surface area contributed by atoms with Crippen LogP contribution in [-0.2, 0) is 24.0 Å². The summed E-state index contributed by atoms with van der Waals surface area (Å²) in [5.74, 6) is -4.91. The van der Waals surface area contributed by atoms with Crippen molar-refractivity contribution in [3.8, 4) is 0 Å². The lowest BCUT2D eigenvalue weighted by Crippen LogP contribution is -2.59. The number of hydrogen-bond acceptors (Lipinski definition) is 7. The minimum absolute atomic E-state index is 0.0103. The number of aliphatic hydroxyl groups excluding tert-OH is 1. The highest BCUT2D eigenvalue weighted by Crippen LogP contribution is 2.04. The smallest absolute Gasteiger partial charge is 0.326 e. The van der Waals surface area contributed by atoms with Gasteiger partial charge in [0, 0.05) is 6.42 Å². The van der Waals surface area contributed by atoms with Gasteiger partial charge in [0.1, 0.15) is 18.1 Å². The lowest BCUT2D eigenvalue weighted by atomic mass is 10.0. The molecule has 0 aromatic rings. The molecule has 0 rings (SSSR count). The molecule has 33 heavy (non-hydrogen) atoms. The zero-order valence-corrected chi connectivity index (χ0v) is 19.9. The number of hydrogen-bond donors (Lipinski definition) is 7. The van der Waals surface area contributed by atoms with E-state index in [9.17, 15) is 34.2 Å². The van der Waals surface area contributed by atoms with E-state index in [1.165, 1.54) is 13.8 Å². The molecular weight excluding hydrogens is 436 g/mol. The first-order valence-corrected chi connectivity index (χ1v) is 11.1. The van der Waals surface area contributed by atoms with Gasteiger partial charge >= 0.3 is 11.9 Å². The summed E-state index contributed by atoms with van der Waals surface area (Å²) < 4.78 is 0. The van der Waals surface area contributed by atoms with Crippen molar-refractivity contribution in [2.75, 3.05) is 6.54 Å². The minimum Gasteiger partial charge on any atom is -0.481 e. The average molecular weight is 475 g/mol. The molecule has 0 fully saturated rings. The minimum atomic E-state index is -1.41. The molecule has 0 bridgehead atoms. The number of carbonyl (C=O) groups excluding carboxylic acids is 3. The monoisotopic (exact) mass is 474 g/mol. The van der Waals surface area contributed by atoms with Crippen LogP contribution in [-0.4, -0.2) is 81.8 Å². The molecule has 3 amide bonds. The highest BCUT2D eigenvalue weighted by atomic mass is 16.4. The summed E-state index contributed by atoms with van der Waals surface area (Å²) in [6.45, 7) is 8.30. The van der Waals surface area contributed by atoms with E-state index in [1.54, 1.807) is 13.8 Å². The summed E-state index contributed by atoms with van der Waals surface area (Å²) in [5, 5.41) is 38.2. The summed E-state index contributed by atoms with van der Waals surface area (Å²) in [5.41, 5.74) is 0. The molecule has 0 aromatic heterocycles. The van der Waals surface area contributed by atoms with Crippen LogP contribution in [0.3, 0.4) is 0 Å². The highest BCUT2D eigenvalue weighted by molar-refractivity contribution is 5.94. The SMILES string of the molecule is CCCCN[C@@H](CCC(=O)O)C(=O)N[C@H](C(=O)N[C@@H](C)C(=O)N[C@H](C(=O)O)C(C)C)[C@@H](C)O. The van der Waals surface area contributed by atoms with E-state index < -0.39 is 59.9 Å². The Kier molecular flexibility index (Phi) is 13.9. The second kappa shape index (κ2) is 15.2. The number of rotatable bonds is 16. The number of aliphatic hydroxyl groups is 1. The third kappa shape index (κ3) is 11.6. The van der Waals surface area contributed by atoms with Gasteiger partial charge in [-0.1, -0.05) is 27.2 Å². The van der Waals surface area contributed by atoms with Gasteiger partial charge in [-0.25, -0.2) is 4.79 Å². The standard InChI is InChI=1S/C21H38N4O8/c1-6-7-10-22-14(8-9-15(27)28)19(30)25-17(13(5)26)20(31)23-12(4)18(29)24-16(11(2)3)21(32)33/h11-14,16-17,22,26H,6-10H2,1-5H3,(H,23,31)(H,24,29)(H,25,30)(H,27,28)(H,32,33)/t12-,13+,14-,16-,17-/m0/s1. The van der Waals surface area contributed by atoms with Gasteiger partial charge in [-0.2, -0.15) is 0 Å². The Morgan fingerprint density at radius 3 is 1.85 bits per heavy atom. The third-order valence-electron chi connectivity index (χ3n) is 4.93. The first kappa shape index (κ1) is 30.3. The number of aliphatic carboxylic acids is 2. The molecule has 0 spiro atoms. The molecule has 7 N–H and O–H groups in total. The first-order valence-electron chi connectivity index (χ1n) is 11.1. The van der Waals surface area contributed by atoms with Crippen molar-refractivity contribution in [2.45, 2.75) is 90.6 Å². The van der Waals surface area contributed by atoms with Crippen LogP contribution < -0.4 is 21.3 Å². The normalized spacial score (nSPS) is 15.6. The van der Waals surface area contributed by atoms with Crippen LogP contribution in [0, 0.1) is 5.92 Å². The molecule has 5 atom stereocenters. The van der Waals surface area contributed by atoms with Gasteiger partial charge < -0.3 is 36.6 Å². The third-order valence-corrected chi connectivity index (χ3v) is 4.93. The molecule has 0 saturated carbocycles. The van der Waals surface area contributed by atoms with Crippen molar-refractivity contribution in [3.63, 3.8) is 0 Å². The maximum atomic E-state index is 12.7. The Labute approximate surface area is 193 Å². The zero-order chi connectivity index (χ0) is 25.7. The number of carboxylic acid groups (broad SMARTS) is 2. The Hall–Kier alpha value is -2.73. The van der Waals surface area contributed by atoms with Crippen molar-refractivity contribution >= 4 is 29.7 Å². The maximum Gasteiger partial charge on any atom is 0.326 e. The molecule has 190 valence electrons. The number of carboxylic acids is 2. The van der Waals surface area contributed by atoms with Crippen molar-refractivity contribution in [1.82, 2.24) is 21.3 Å². The van der Waals surface area contributed by atoms with Crippen LogP contribution in [0.1, 0.15) is 60.3 Å². The molecule has 0 radical (unpaired) electrons. The van der Waals surface area contributed by atoms with Gasteiger partial charge in [0.25, 0.3) is 0 Å². The predicted octanol–water partition coefficient (Wildman–Crippen LogP) is -0.795. The van der Waals surface area contributed by atoms with Crippen LogP contribution in [0.4, 0.5) is 0 Å². The molecule has 0 unspecified atom stereocenters. The molecule has 12 heteroatoms. The number of nitrogens with one attached hydrogen (secondary N) is 4. The van der Waals surface area contributed by atoms with E-state index >= 15 is 0 Å². The van der Waals surface area contributed by atoms with Crippen LogP contribution in [0.25, 0.3) is 0 Å². The second-order valence-corrected chi connectivity index (χ2v) is 8.32. The summed E-state index contributed by atoms with van der Waals surface area (Å²) in [6, 6.07) is -4.58. The number of amides is 3. The van der Waals surface area contributed by atoms with E-state index in [2.05, 4.69) is 21.3 Å². The summed E-state index contributed by atoms with van der Waals surface area (Å²) in [7, 11) is 0. The summed E-state index contributed by atoms with van der Waals surface area (Å²) >= 11 is 0. The van der Waals surface area contributed by atoms with Crippen molar-refractivity contribution in [1.29, 1.82) is 0 Å². The fraction of sp³-hybridized carbons (Fsp3) is 0.762. The van der Waals surface area contributed by atoms with Gasteiger partial charge in [-0.15, -0.1) is 0 Å². The molecule has 0 heterocycles. The quantitative estimate of drug-likeness (QED) is 0.140. The first-order chi connectivity index (χ1) is 15.3. The molecule has 12 nitrogen and oxygen atoms in total. The largest absolute Gasteiger partial charge is 0.481 e. The zero-order valence-electron chi connectivity index (χ0n) is 19.9. The molecule has 0 saturated heterocycles. The van der Waals surface area contributed by atoms with Crippen LogP contribution in [0.5, 0.6) is 0 Å². The van der Waals surface area contributed by atoms with Crippen LogP contribution in [0.2, 0.25) is 0 Å². The average Bonchev–Trinajstić information content (AvgIpc) is 2.71. The molecule has 0 aliphatic carbocycles. The Morgan fingerprint density at radius 2 is 1.39 bits per heavy atom. The summed E-state index contributed by atoms with van der Waals surface area (Å²) in [4.78, 5) is 59.8. The Morgan fingerprint density at radius 1 is 0.818 bits per heavy atom. The number of carbonyl (C=O) groups is 5. The summed E-state index contributed by atoms with van der Waals surface area (Å²) in [6.07, 6.45) is 0.0302. The van der Waals surface area contributed by atoms with Crippen molar-refractivity contribution in [3.05, 3.63) is 0 Å². The molecular formula is C21H38N4O8. The lowest BCUT2D eigenvalue weighted by molar-refractivity contribution is -0.143. The molecule has 0 aromatic carbocycles. The van der Waals surface area contributed by atoms with Crippen LogP contribution >= 0.6 is 0 Å². The number of unbranched alkanes of at least 4 members (excludes halogenated alkanes) is 1. The van der Waals surface area contributed by atoms with Gasteiger partial charge in [-0.3, -0.25) is 19.2 Å². The maximum absolute atomic E-state index is 12.7. The highest BCUT2D eigenvalue weighted by Gasteiger charge is 2.32. The van der Waals surface area contributed by atoms with Gasteiger partial charge in [0.05, 0.1) is 12.1 Å². The lowest BCUT2D eigenvalue weighted by Gasteiger charge is -2.26. The fourth-order valence-electron chi connectivity index (χ4n) is 2.87. The van der Waals surface area contributed by atoms with E-state index in [4.69, 9.17) is 5.11 Å². The van der Waals surface area contributed by atoms with E-state index in [-0.39, 0.29) is 18.8 Å². The van der Waals surface area contributed by atoms with E-state index in [0.717, 1.165) is 12.8 Å². The fourth-order valence-corrected chi connectivity index (χ4v) is 2.87. The Balaban J connectivity index is 5.20. The van der Waals surface area contributed by atoms with Crippen LogP contribution in [0.15, 0.2) is 0 Å². The molecule has 0 aliphatic heterocycles. The topological polar surface area (TPSA) is 194 Å². The van der Waals surface area contributed by atoms with E-state index in [0.29, 0.717) is 6.54 Å².